The van der Waals surface area contributed by atoms with Crippen molar-refractivity contribution in [3.05, 3.63) is 166 Å². The molecule has 0 bridgehead atoms. The van der Waals surface area contributed by atoms with Gasteiger partial charge >= 0.3 is 15.6 Å². The molecule has 2 heterocycles. The third-order valence-electron chi connectivity index (χ3n) is 11.1. The normalized spacial score (nSPS) is 12.1. The molecule has 2 unspecified atom stereocenters. The van der Waals surface area contributed by atoms with Crippen molar-refractivity contribution in [2.24, 2.45) is 0 Å². The summed E-state index contributed by atoms with van der Waals surface area (Å²) in [5.74, 6) is 1.28. The lowest BCUT2D eigenvalue weighted by Crippen LogP contribution is -2.22. The quantitative estimate of drug-likeness (QED) is 0.0103. The molecule has 8 rings (SSSR count). The molecule has 20 nitrogen and oxygen atoms in total. The SMILES string of the molecule is COc1cc(Cl)ccc1C(Br)C(=O)c1c[nH]c2cc(F)ccc12.COc1cc(N)cc(OCCOP(=O)(O)O)c1.COc1cc(NC(C(=O)c2c[nH]c3cc(F)ccc23)c2ccc(Cl)cc2OC)cc(OCCOP(=O)(O)O)c1. The van der Waals surface area contributed by atoms with E-state index in [1.165, 1.54) is 65.0 Å². The zero-order valence-electron chi connectivity index (χ0n) is 42.1. The van der Waals surface area contributed by atoms with E-state index in [0.717, 1.165) is 0 Å². The van der Waals surface area contributed by atoms with Gasteiger partial charge in [0.1, 0.15) is 70.2 Å². The number of phosphoric acid groups is 2. The first-order valence-electron chi connectivity index (χ1n) is 23.0. The number of H-pyrrole nitrogens is 2. The lowest BCUT2D eigenvalue weighted by atomic mass is 9.95. The van der Waals surface area contributed by atoms with E-state index in [2.05, 4.69) is 40.3 Å². The summed E-state index contributed by atoms with van der Waals surface area (Å²) in [6.07, 6.45) is 3.10. The average molecular weight is 1240 g/mol. The molecular weight excluding hydrogens is 1190 g/mol. The van der Waals surface area contributed by atoms with Crippen molar-refractivity contribution in [3.63, 3.8) is 0 Å². The highest BCUT2D eigenvalue weighted by Gasteiger charge is 2.29. The molecule has 420 valence electrons. The van der Waals surface area contributed by atoms with Crippen molar-refractivity contribution in [2.75, 3.05) is 65.9 Å². The fourth-order valence-corrected chi connectivity index (χ4v) is 9.16. The maximum atomic E-state index is 14.0. The summed E-state index contributed by atoms with van der Waals surface area (Å²) in [6, 6.07) is 27.0. The maximum Gasteiger partial charge on any atom is 0.469 e. The highest BCUT2D eigenvalue weighted by Crippen LogP contribution is 2.40. The molecule has 0 aliphatic heterocycles. The number of methoxy groups -OCH3 is 4. The highest BCUT2D eigenvalue weighted by atomic mass is 79.9. The second kappa shape index (κ2) is 27.9. The average Bonchev–Trinajstić information content (AvgIpc) is 4.10. The summed E-state index contributed by atoms with van der Waals surface area (Å²) >= 11 is 15.5. The van der Waals surface area contributed by atoms with Gasteiger partial charge in [0.2, 0.25) is 0 Å². The number of carbonyl (C=O) groups excluding carboxylic acids is 2. The van der Waals surface area contributed by atoms with Gasteiger partial charge in [-0.2, -0.15) is 0 Å². The summed E-state index contributed by atoms with van der Waals surface area (Å²) in [5, 5.41) is 5.37. The second-order valence-electron chi connectivity index (χ2n) is 16.4. The van der Waals surface area contributed by atoms with Crippen LogP contribution in [0.25, 0.3) is 21.8 Å². The van der Waals surface area contributed by atoms with Crippen molar-refractivity contribution in [3.8, 4) is 34.5 Å². The zero-order chi connectivity index (χ0) is 57.6. The van der Waals surface area contributed by atoms with Gasteiger partial charge in [-0.25, -0.2) is 17.9 Å². The van der Waals surface area contributed by atoms with E-state index in [1.54, 1.807) is 85.1 Å². The van der Waals surface area contributed by atoms with Crippen LogP contribution in [0.3, 0.4) is 0 Å². The number of nitrogens with two attached hydrogens (primary N) is 1. The number of phosphoric ester groups is 2. The van der Waals surface area contributed by atoms with Crippen LogP contribution in [0.4, 0.5) is 20.2 Å². The Labute approximate surface area is 468 Å². The van der Waals surface area contributed by atoms with Gasteiger partial charge in [0.05, 0.1) is 41.7 Å². The predicted molar refractivity (Wildman–Crippen MR) is 297 cm³/mol. The van der Waals surface area contributed by atoms with Crippen LogP contribution in [0.2, 0.25) is 10.0 Å². The highest BCUT2D eigenvalue weighted by molar-refractivity contribution is 9.09. The molecule has 79 heavy (non-hydrogen) atoms. The zero-order valence-corrected chi connectivity index (χ0v) is 47.0. The number of nitrogens with one attached hydrogen (secondary N) is 3. The number of aromatic nitrogens is 2. The van der Waals surface area contributed by atoms with E-state index in [9.17, 15) is 27.5 Å². The standard InChI is InChI=1S/C26H25ClFN2O8P.C17H12BrClFNO2.C9H14NO6P/c1-35-18-11-17(12-19(13-18)37-7-8-38-39(32,33)34)30-25(21-5-3-15(27)9-24(21)36-2)26(31)22-14-29-23-10-16(28)4-6-20(22)23;1-23-15-6-9(19)2-4-12(15)16(18)17(22)13-8-21-14-7-10(20)3-5-11(13)14;1-14-8-4-7(10)5-9(6-8)15-2-3-16-17(11,12)13/h3-6,9-14,25,29-30H,7-8H2,1-2H3,(H2,32,33,34);2-8,16,21H,1H3;4-6H,2-3,10H2,1H3,(H2,11,12,13). The number of carbonyl (C=O) groups is 2. The number of hydrogen-bond donors (Lipinski definition) is 8. The lowest BCUT2D eigenvalue weighted by molar-refractivity contribution is 0.0967. The minimum Gasteiger partial charge on any atom is -0.497 e. The van der Waals surface area contributed by atoms with E-state index in [-0.39, 0.29) is 43.8 Å². The summed E-state index contributed by atoms with van der Waals surface area (Å²) in [4.78, 5) is 66.6. The molecule has 0 saturated heterocycles. The van der Waals surface area contributed by atoms with Crippen LogP contribution in [-0.4, -0.2) is 96.0 Å². The van der Waals surface area contributed by atoms with Gasteiger partial charge in [-0.15, -0.1) is 0 Å². The Bertz CT molecular complexity index is 3530. The summed E-state index contributed by atoms with van der Waals surface area (Å²) in [7, 11) is -3.14. The second-order valence-corrected chi connectivity index (χ2v) is 20.7. The molecule has 0 aliphatic rings. The van der Waals surface area contributed by atoms with E-state index in [1.807, 2.05) is 0 Å². The number of nitrogen functional groups attached to an aromatic ring is 1. The van der Waals surface area contributed by atoms with Crippen molar-refractivity contribution in [1.29, 1.82) is 0 Å². The third kappa shape index (κ3) is 17.6. The number of benzene rings is 6. The first-order chi connectivity index (χ1) is 37.5. The molecular formula is C52H51BrCl2F2N4O16P2. The number of halogens is 5. The monoisotopic (exact) mass is 1240 g/mol. The van der Waals surface area contributed by atoms with E-state index < -0.39 is 32.3 Å². The third-order valence-corrected chi connectivity index (χ3v) is 13.5. The first-order valence-corrected chi connectivity index (χ1v) is 27.7. The van der Waals surface area contributed by atoms with E-state index in [0.29, 0.717) is 100.0 Å². The van der Waals surface area contributed by atoms with Crippen molar-refractivity contribution in [2.45, 2.75) is 10.9 Å². The molecule has 8 aromatic rings. The number of ether oxygens (including phenoxy) is 6. The van der Waals surface area contributed by atoms with Gasteiger partial charge < -0.3 is 69.0 Å². The molecule has 0 radical (unpaired) electrons. The summed E-state index contributed by atoms with van der Waals surface area (Å²) in [5.41, 5.74) is 9.52. The Hall–Kier alpha value is -6.72. The van der Waals surface area contributed by atoms with Crippen LogP contribution in [0.1, 0.15) is 42.7 Å². The van der Waals surface area contributed by atoms with Gasteiger partial charge in [-0.3, -0.25) is 18.6 Å². The number of rotatable bonds is 22. The Morgan fingerprint density at radius 3 is 1.53 bits per heavy atom. The number of ketones is 2. The van der Waals surface area contributed by atoms with Gasteiger partial charge in [0.15, 0.2) is 11.6 Å². The molecule has 2 atom stereocenters. The van der Waals surface area contributed by atoms with Gasteiger partial charge in [0, 0.05) is 114 Å². The number of alkyl halides is 1. The van der Waals surface area contributed by atoms with Crippen LogP contribution in [0.5, 0.6) is 34.5 Å². The first kappa shape index (κ1) is 61.5. The minimum absolute atomic E-state index is 0.00226. The van der Waals surface area contributed by atoms with Crippen molar-refractivity contribution in [1.82, 2.24) is 9.97 Å². The fourth-order valence-electron chi connectivity index (χ4n) is 7.59. The molecule has 0 saturated carbocycles. The number of anilines is 2. The van der Waals surface area contributed by atoms with Crippen molar-refractivity contribution < 1.29 is 84.5 Å². The molecule has 0 aliphatic carbocycles. The van der Waals surface area contributed by atoms with Gasteiger partial charge in [-0.1, -0.05) is 51.3 Å². The topological polar surface area (TPSA) is 293 Å². The van der Waals surface area contributed by atoms with Crippen molar-refractivity contribution >= 4 is 99.5 Å². The largest absolute Gasteiger partial charge is 0.497 e. The molecule has 6 aromatic carbocycles. The Morgan fingerprint density at radius 2 is 1.04 bits per heavy atom. The fraction of sp³-hybridized carbons (Fsp3) is 0.192. The molecule has 2 aromatic heterocycles. The number of fused-ring (bicyclic) bond motifs is 2. The Morgan fingerprint density at radius 1 is 0.595 bits per heavy atom. The van der Waals surface area contributed by atoms with Crippen LogP contribution in [0.15, 0.2) is 122 Å². The van der Waals surface area contributed by atoms with Crippen LogP contribution in [0, 0.1) is 11.6 Å². The van der Waals surface area contributed by atoms with Gasteiger partial charge in [0.25, 0.3) is 0 Å². The van der Waals surface area contributed by atoms with Crippen LogP contribution < -0.4 is 39.5 Å². The lowest BCUT2D eigenvalue weighted by Gasteiger charge is -2.22. The smallest absolute Gasteiger partial charge is 0.469 e. The molecule has 0 fully saturated rings. The Kier molecular flexibility index (Phi) is 21.7. The molecule has 0 amide bonds. The number of aromatic amines is 2. The number of Topliss-reactive ketones (excluding diaryl/α,β-unsaturated/α-hetero) is 2. The minimum atomic E-state index is -4.63. The molecule has 0 spiro atoms. The summed E-state index contributed by atoms with van der Waals surface area (Å²) in [6.45, 7) is -0.732. The molecule has 27 heteroatoms. The summed E-state index contributed by atoms with van der Waals surface area (Å²) < 4.78 is 88.8. The number of hydrogen-bond acceptors (Lipinski definition) is 14. The maximum absolute atomic E-state index is 14.0. The predicted octanol–water partition coefficient (Wildman–Crippen LogP) is 11.6. The van der Waals surface area contributed by atoms with Crippen LogP contribution >= 0.6 is 54.8 Å². The van der Waals surface area contributed by atoms with E-state index >= 15 is 0 Å². The molecule has 9 N–H and O–H groups in total. The van der Waals surface area contributed by atoms with E-state index in [4.69, 9.17) is 76.9 Å². The van der Waals surface area contributed by atoms with Crippen LogP contribution in [-0.2, 0) is 18.2 Å². The Balaban J connectivity index is 0.000000212. The van der Waals surface area contributed by atoms with Gasteiger partial charge in [-0.05, 0) is 60.7 Å².